The molecule has 1 rings (SSSR count). The van der Waals surface area contributed by atoms with Crippen LogP contribution in [0.5, 0.6) is 0 Å². The fourth-order valence-corrected chi connectivity index (χ4v) is 1.54. The SMILES string of the molecule is COCC(C(=O)O)N1CCC(O)C1. The molecule has 76 valence electrons. The van der Waals surface area contributed by atoms with Crippen LogP contribution in [-0.2, 0) is 9.53 Å². The molecule has 1 fully saturated rings. The zero-order valence-corrected chi connectivity index (χ0v) is 7.64. The van der Waals surface area contributed by atoms with E-state index in [0.29, 0.717) is 19.5 Å². The minimum Gasteiger partial charge on any atom is -0.480 e. The summed E-state index contributed by atoms with van der Waals surface area (Å²) in [5.74, 6) is -0.893. The molecule has 0 amide bonds. The molecule has 1 heterocycles. The van der Waals surface area contributed by atoms with Gasteiger partial charge in [0.1, 0.15) is 6.04 Å². The highest BCUT2D eigenvalue weighted by molar-refractivity contribution is 5.73. The van der Waals surface area contributed by atoms with Crippen molar-refractivity contribution < 1.29 is 19.7 Å². The van der Waals surface area contributed by atoms with E-state index in [1.807, 2.05) is 0 Å². The first-order chi connectivity index (χ1) is 6.15. The number of hydrogen-bond donors (Lipinski definition) is 2. The number of aliphatic hydroxyl groups excluding tert-OH is 1. The van der Waals surface area contributed by atoms with Gasteiger partial charge in [-0.25, -0.2) is 0 Å². The molecule has 0 saturated carbocycles. The van der Waals surface area contributed by atoms with Gasteiger partial charge in [-0.2, -0.15) is 0 Å². The lowest BCUT2D eigenvalue weighted by Gasteiger charge is -2.22. The third-order valence-electron chi connectivity index (χ3n) is 2.25. The molecule has 2 atom stereocenters. The molecule has 0 aromatic carbocycles. The molecule has 0 spiro atoms. The first-order valence-electron chi connectivity index (χ1n) is 4.29. The Morgan fingerprint density at radius 1 is 1.77 bits per heavy atom. The zero-order chi connectivity index (χ0) is 9.84. The number of carboxylic acids is 1. The Balaban J connectivity index is 2.49. The molecular weight excluding hydrogens is 174 g/mol. The van der Waals surface area contributed by atoms with Gasteiger partial charge in [0.25, 0.3) is 0 Å². The number of hydrogen-bond acceptors (Lipinski definition) is 4. The number of methoxy groups -OCH3 is 1. The highest BCUT2D eigenvalue weighted by Crippen LogP contribution is 2.12. The molecule has 0 radical (unpaired) electrons. The van der Waals surface area contributed by atoms with Crippen LogP contribution in [0.2, 0.25) is 0 Å². The van der Waals surface area contributed by atoms with Crippen LogP contribution in [0.1, 0.15) is 6.42 Å². The minimum atomic E-state index is -0.893. The lowest BCUT2D eigenvalue weighted by atomic mass is 10.3. The second-order valence-corrected chi connectivity index (χ2v) is 3.25. The minimum absolute atomic E-state index is 0.169. The van der Waals surface area contributed by atoms with Crippen molar-refractivity contribution in [3.63, 3.8) is 0 Å². The van der Waals surface area contributed by atoms with Gasteiger partial charge in [-0.05, 0) is 6.42 Å². The van der Waals surface area contributed by atoms with Crippen LogP contribution in [0.3, 0.4) is 0 Å². The molecule has 1 aliphatic rings. The summed E-state index contributed by atoms with van der Waals surface area (Å²) in [7, 11) is 1.47. The van der Waals surface area contributed by atoms with Gasteiger partial charge in [-0.15, -0.1) is 0 Å². The highest BCUT2D eigenvalue weighted by Gasteiger charge is 2.31. The van der Waals surface area contributed by atoms with Gasteiger partial charge >= 0.3 is 5.97 Å². The van der Waals surface area contributed by atoms with Crippen molar-refractivity contribution in [2.24, 2.45) is 0 Å². The van der Waals surface area contributed by atoms with Gasteiger partial charge in [0, 0.05) is 20.2 Å². The van der Waals surface area contributed by atoms with Gasteiger partial charge < -0.3 is 14.9 Å². The van der Waals surface area contributed by atoms with Gasteiger partial charge in [-0.1, -0.05) is 0 Å². The number of carbonyl (C=O) groups is 1. The average Bonchev–Trinajstić information content (AvgIpc) is 2.46. The van der Waals surface area contributed by atoms with E-state index in [1.165, 1.54) is 7.11 Å². The summed E-state index contributed by atoms with van der Waals surface area (Å²) in [6.45, 7) is 1.23. The van der Waals surface area contributed by atoms with Crippen molar-refractivity contribution in [3.05, 3.63) is 0 Å². The molecule has 0 bridgehead atoms. The Kier molecular flexibility index (Phi) is 3.65. The Labute approximate surface area is 76.9 Å². The summed E-state index contributed by atoms with van der Waals surface area (Å²) in [4.78, 5) is 12.5. The Hall–Kier alpha value is -0.650. The number of carboxylic acid groups (broad SMARTS) is 1. The van der Waals surface area contributed by atoms with Crippen molar-refractivity contribution in [3.8, 4) is 0 Å². The van der Waals surface area contributed by atoms with Crippen LogP contribution >= 0.6 is 0 Å². The van der Waals surface area contributed by atoms with E-state index in [2.05, 4.69) is 0 Å². The Bertz CT molecular complexity index is 185. The Morgan fingerprint density at radius 3 is 2.85 bits per heavy atom. The predicted molar refractivity (Wildman–Crippen MR) is 45.5 cm³/mol. The maximum absolute atomic E-state index is 10.8. The smallest absolute Gasteiger partial charge is 0.323 e. The highest BCUT2D eigenvalue weighted by atomic mass is 16.5. The van der Waals surface area contributed by atoms with Gasteiger partial charge in [-0.3, -0.25) is 9.69 Å². The van der Waals surface area contributed by atoms with Crippen LogP contribution in [0.15, 0.2) is 0 Å². The normalized spacial score (nSPS) is 26.2. The molecule has 13 heavy (non-hydrogen) atoms. The molecule has 0 aromatic heterocycles. The molecule has 5 nitrogen and oxygen atoms in total. The monoisotopic (exact) mass is 189 g/mol. The third kappa shape index (κ3) is 2.65. The van der Waals surface area contributed by atoms with Crippen molar-refractivity contribution in [2.45, 2.75) is 18.6 Å². The summed E-state index contributed by atoms with van der Waals surface area (Å²) in [5.41, 5.74) is 0. The number of β-amino-alcohol motifs (C(OH)–C–C–N with tert-alkyl or cyclic N) is 1. The number of ether oxygens (including phenoxy) is 1. The van der Waals surface area contributed by atoms with Crippen molar-refractivity contribution in [1.29, 1.82) is 0 Å². The van der Waals surface area contributed by atoms with E-state index in [9.17, 15) is 9.90 Å². The molecule has 2 N–H and O–H groups in total. The molecular formula is C8H15NO4. The molecule has 0 aromatic rings. The summed E-state index contributed by atoms with van der Waals surface area (Å²) >= 11 is 0. The fourth-order valence-electron chi connectivity index (χ4n) is 1.54. The topological polar surface area (TPSA) is 70.0 Å². The number of nitrogens with zero attached hydrogens (tertiary/aromatic N) is 1. The standard InChI is InChI=1S/C8H15NO4/c1-13-5-7(8(11)12)9-3-2-6(10)4-9/h6-7,10H,2-5H2,1H3,(H,11,12). The van der Waals surface area contributed by atoms with Crippen molar-refractivity contribution >= 4 is 5.97 Å². The number of rotatable bonds is 4. The summed E-state index contributed by atoms with van der Waals surface area (Å²) < 4.78 is 4.81. The summed E-state index contributed by atoms with van der Waals surface area (Å²) in [5, 5.41) is 18.1. The van der Waals surface area contributed by atoms with Gasteiger partial charge in [0.2, 0.25) is 0 Å². The van der Waals surface area contributed by atoms with Crippen LogP contribution in [0.4, 0.5) is 0 Å². The predicted octanol–water partition coefficient (Wildman–Crippen LogP) is -0.847. The van der Waals surface area contributed by atoms with E-state index >= 15 is 0 Å². The number of aliphatic hydroxyl groups is 1. The first kappa shape index (κ1) is 10.4. The number of likely N-dealkylation sites (tertiary alicyclic amines) is 1. The van der Waals surface area contributed by atoms with E-state index in [-0.39, 0.29) is 6.61 Å². The van der Waals surface area contributed by atoms with Crippen LogP contribution in [-0.4, -0.2) is 60.0 Å². The maximum Gasteiger partial charge on any atom is 0.323 e. The quantitative estimate of drug-likeness (QED) is 0.603. The van der Waals surface area contributed by atoms with Gasteiger partial charge in [0.05, 0.1) is 12.7 Å². The second kappa shape index (κ2) is 4.55. The number of aliphatic carboxylic acids is 1. The van der Waals surface area contributed by atoms with Crippen molar-refractivity contribution in [1.82, 2.24) is 4.90 Å². The zero-order valence-electron chi connectivity index (χ0n) is 7.64. The van der Waals surface area contributed by atoms with Crippen LogP contribution in [0.25, 0.3) is 0 Å². The van der Waals surface area contributed by atoms with E-state index in [0.717, 1.165) is 0 Å². The van der Waals surface area contributed by atoms with Crippen LogP contribution in [0, 0.1) is 0 Å². The largest absolute Gasteiger partial charge is 0.480 e. The molecule has 5 heteroatoms. The maximum atomic E-state index is 10.8. The lowest BCUT2D eigenvalue weighted by molar-refractivity contribution is -0.145. The summed E-state index contributed by atoms with van der Waals surface area (Å²) in [6, 6.07) is -0.623. The molecule has 2 unspecified atom stereocenters. The van der Waals surface area contributed by atoms with Gasteiger partial charge in [0.15, 0.2) is 0 Å². The van der Waals surface area contributed by atoms with Crippen LogP contribution < -0.4 is 0 Å². The second-order valence-electron chi connectivity index (χ2n) is 3.25. The molecule has 1 aliphatic heterocycles. The van der Waals surface area contributed by atoms with E-state index < -0.39 is 18.1 Å². The fraction of sp³-hybridized carbons (Fsp3) is 0.875. The third-order valence-corrected chi connectivity index (χ3v) is 2.25. The lowest BCUT2D eigenvalue weighted by Crippen LogP contribution is -2.43. The molecule has 0 aliphatic carbocycles. The van der Waals surface area contributed by atoms with E-state index in [1.54, 1.807) is 4.90 Å². The van der Waals surface area contributed by atoms with Crippen molar-refractivity contribution in [2.75, 3.05) is 26.8 Å². The average molecular weight is 189 g/mol. The van der Waals surface area contributed by atoms with E-state index in [4.69, 9.17) is 9.84 Å². The molecule has 1 saturated heterocycles. The Morgan fingerprint density at radius 2 is 2.46 bits per heavy atom. The summed E-state index contributed by atoms with van der Waals surface area (Å²) in [6.07, 6.45) is 0.256. The first-order valence-corrected chi connectivity index (χ1v) is 4.29.